The van der Waals surface area contributed by atoms with Crippen molar-refractivity contribution in [2.24, 2.45) is 0 Å². The highest BCUT2D eigenvalue weighted by atomic mass is 16.5. The maximum absolute atomic E-state index is 12.6. The molecule has 3 amide bonds. The van der Waals surface area contributed by atoms with Gasteiger partial charge in [0.15, 0.2) is 0 Å². The molecule has 7 nitrogen and oxygen atoms in total. The number of aryl methyl sites for hydroxylation is 1. The molecule has 0 saturated carbocycles. The van der Waals surface area contributed by atoms with Crippen LogP contribution in [-0.2, 0) is 0 Å². The van der Waals surface area contributed by atoms with Crippen LogP contribution in [0, 0.1) is 6.92 Å². The van der Waals surface area contributed by atoms with Crippen LogP contribution >= 0.6 is 0 Å². The van der Waals surface area contributed by atoms with E-state index in [1.54, 1.807) is 79.9 Å². The summed E-state index contributed by atoms with van der Waals surface area (Å²) in [5.74, 6) is -0.735. The molecule has 0 atom stereocenters. The van der Waals surface area contributed by atoms with E-state index in [-0.39, 0.29) is 11.5 Å². The number of hydrogen-bond donors (Lipinski definition) is 3. The Morgan fingerprint density at radius 2 is 1.27 bits per heavy atom. The Kier molecular flexibility index (Phi) is 6.44. The van der Waals surface area contributed by atoms with Crippen LogP contribution in [0.25, 0.3) is 0 Å². The van der Waals surface area contributed by atoms with Gasteiger partial charge in [-0.1, -0.05) is 29.8 Å². The molecule has 0 unspecified atom stereocenters. The van der Waals surface area contributed by atoms with Crippen molar-refractivity contribution in [1.29, 1.82) is 0 Å². The second-order valence-electron chi connectivity index (χ2n) is 6.50. The Labute approximate surface area is 174 Å². The zero-order valence-corrected chi connectivity index (χ0v) is 16.6. The third kappa shape index (κ3) is 5.02. The lowest BCUT2D eigenvalue weighted by atomic mass is 10.1. The summed E-state index contributed by atoms with van der Waals surface area (Å²) in [5, 5.41) is 2.72. The first-order chi connectivity index (χ1) is 14.5. The number of nitrogens with one attached hydrogen (secondary N) is 3. The van der Waals surface area contributed by atoms with E-state index in [1.807, 2.05) is 6.92 Å². The summed E-state index contributed by atoms with van der Waals surface area (Å²) < 4.78 is 5.08. The van der Waals surface area contributed by atoms with E-state index in [0.717, 1.165) is 5.56 Å². The number of ether oxygens (including phenoxy) is 1. The molecule has 0 aliphatic heterocycles. The smallest absolute Gasteiger partial charge is 0.271 e. The lowest BCUT2D eigenvalue weighted by molar-refractivity contribution is 0.0847. The molecule has 0 fully saturated rings. The van der Waals surface area contributed by atoms with Crippen LogP contribution in [0.3, 0.4) is 0 Å². The van der Waals surface area contributed by atoms with Gasteiger partial charge in [-0.2, -0.15) is 0 Å². The van der Waals surface area contributed by atoms with Crippen molar-refractivity contribution in [3.05, 3.63) is 95.1 Å². The van der Waals surface area contributed by atoms with Crippen molar-refractivity contribution in [3.8, 4) is 5.75 Å². The second kappa shape index (κ2) is 9.38. The topological polar surface area (TPSA) is 96.5 Å². The van der Waals surface area contributed by atoms with Gasteiger partial charge < -0.3 is 10.1 Å². The average Bonchev–Trinajstić information content (AvgIpc) is 2.78. The Bertz CT molecular complexity index is 1060. The van der Waals surface area contributed by atoms with E-state index in [9.17, 15) is 14.4 Å². The van der Waals surface area contributed by atoms with Gasteiger partial charge in [0.1, 0.15) is 5.75 Å². The Morgan fingerprint density at radius 1 is 0.700 bits per heavy atom. The predicted octanol–water partition coefficient (Wildman–Crippen LogP) is 3.33. The molecule has 0 radical (unpaired) electrons. The average molecular weight is 403 g/mol. The van der Waals surface area contributed by atoms with Crippen molar-refractivity contribution in [1.82, 2.24) is 10.9 Å². The molecular weight excluding hydrogens is 382 g/mol. The Hall–Kier alpha value is -4.13. The first-order valence-electron chi connectivity index (χ1n) is 9.19. The summed E-state index contributed by atoms with van der Waals surface area (Å²) in [6, 6.07) is 20.1. The lowest BCUT2D eigenvalue weighted by Gasteiger charge is -2.12. The highest BCUT2D eigenvalue weighted by Crippen LogP contribution is 2.17. The van der Waals surface area contributed by atoms with Gasteiger partial charge in [0.05, 0.1) is 18.4 Å². The van der Waals surface area contributed by atoms with E-state index in [1.165, 1.54) is 0 Å². The monoisotopic (exact) mass is 403 g/mol. The number of rotatable bonds is 5. The van der Waals surface area contributed by atoms with Gasteiger partial charge in [-0.25, -0.2) is 0 Å². The molecule has 0 aliphatic rings. The second-order valence-corrected chi connectivity index (χ2v) is 6.50. The van der Waals surface area contributed by atoms with E-state index < -0.39 is 11.8 Å². The Morgan fingerprint density at radius 3 is 1.93 bits per heavy atom. The number of hydrazine groups is 1. The number of carbonyl (C=O) groups excluding carboxylic acids is 3. The van der Waals surface area contributed by atoms with Gasteiger partial charge in [0.25, 0.3) is 17.7 Å². The zero-order valence-electron chi connectivity index (χ0n) is 16.6. The lowest BCUT2D eigenvalue weighted by Crippen LogP contribution is -2.41. The molecule has 0 aromatic heterocycles. The molecule has 0 spiro atoms. The fourth-order valence-electron chi connectivity index (χ4n) is 2.68. The number of hydrogen-bond acceptors (Lipinski definition) is 4. The van der Waals surface area contributed by atoms with Gasteiger partial charge in [0, 0.05) is 11.1 Å². The van der Waals surface area contributed by atoms with E-state index in [4.69, 9.17) is 4.74 Å². The summed E-state index contributed by atoms with van der Waals surface area (Å²) in [7, 11) is 1.54. The molecule has 152 valence electrons. The molecule has 3 rings (SSSR count). The van der Waals surface area contributed by atoms with Gasteiger partial charge >= 0.3 is 0 Å². The molecule has 0 saturated heterocycles. The van der Waals surface area contributed by atoms with Crippen molar-refractivity contribution >= 4 is 23.4 Å². The summed E-state index contributed by atoms with van der Waals surface area (Å²) in [5.41, 5.74) is 7.14. The van der Waals surface area contributed by atoms with Gasteiger partial charge in [-0.3, -0.25) is 25.2 Å². The van der Waals surface area contributed by atoms with Crippen LogP contribution in [0.2, 0.25) is 0 Å². The van der Waals surface area contributed by atoms with Gasteiger partial charge in [0.2, 0.25) is 0 Å². The van der Waals surface area contributed by atoms with E-state index in [0.29, 0.717) is 22.6 Å². The standard InChI is InChI=1S/C23H21N3O4/c1-15-7-9-17(10-8-15)22(28)25-26-23(29)19-5-3-4-6-20(19)24-21(27)16-11-13-18(30-2)14-12-16/h3-14H,1-2H3,(H,24,27)(H,25,28)(H,26,29). The third-order valence-electron chi connectivity index (χ3n) is 4.38. The van der Waals surface area contributed by atoms with Crippen molar-refractivity contribution in [3.63, 3.8) is 0 Å². The molecule has 3 aromatic carbocycles. The number of para-hydroxylation sites is 1. The predicted molar refractivity (Wildman–Crippen MR) is 114 cm³/mol. The maximum atomic E-state index is 12.6. The van der Waals surface area contributed by atoms with Crippen molar-refractivity contribution in [2.45, 2.75) is 6.92 Å². The van der Waals surface area contributed by atoms with Crippen LogP contribution in [-0.4, -0.2) is 24.8 Å². The highest BCUT2D eigenvalue weighted by molar-refractivity contribution is 6.09. The molecule has 0 heterocycles. The van der Waals surface area contributed by atoms with Crippen LogP contribution in [0.4, 0.5) is 5.69 Å². The minimum Gasteiger partial charge on any atom is -0.497 e. The minimum absolute atomic E-state index is 0.212. The largest absolute Gasteiger partial charge is 0.497 e. The van der Waals surface area contributed by atoms with Crippen molar-refractivity contribution in [2.75, 3.05) is 12.4 Å². The number of carbonyl (C=O) groups is 3. The number of anilines is 1. The summed E-state index contributed by atoms with van der Waals surface area (Å²) in [6.07, 6.45) is 0. The van der Waals surface area contributed by atoms with Crippen molar-refractivity contribution < 1.29 is 19.1 Å². The molecule has 3 aromatic rings. The zero-order chi connectivity index (χ0) is 21.5. The molecule has 3 N–H and O–H groups in total. The van der Waals surface area contributed by atoms with E-state index >= 15 is 0 Å². The van der Waals surface area contributed by atoms with Gasteiger partial charge in [-0.05, 0) is 55.5 Å². The fourth-order valence-corrected chi connectivity index (χ4v) is 2.68. The minimum atomic E-state index is -0.555. The quantitative estimate of drug-likeness (QED) is 0.570. The van der Waals surface area contributed by atoms with Crippen LogP contribution < -0.4 is 20.9 Å². The number of benzene rings is 3. The van der Waals surface area contributed by atoms with Crippen LogP contribution in [0.1, 0.15) is 36.6 Å². The van der Waals surface area contributed by atoms with Crippen LogP contribution in [0.5, 0.6) is 5.75 Å². The molecule has 0 bridgehead atoms. The van der Waals surface area contributed by atoms with E-state index in [2.05, 4.69) is 16.2 Å². The van der Waals surface area contributed by atoms with Gasteiger partial charge in [-0.15, -0.1) is 0 Å². The normalized spacial score (nSPS) is 10.1. The maximum Gasteiger partial charge on any atom is 0.271 e. The molecule has 0 aliphatic carbocycles. The third-order valence-corrected chi connectivity index (χ3v) is 4.38. The molecule has 30 heavy (non-hydrogen) atoms. The first kappa shape index (κ1) is 20.6. The summed E-state index contributed by atoms with van der Waals surface area (Å²) >= 11 is 0. The Balaban J connectivity index is 1.67. The van der Waals surface area contributed by atoms with Crippen LogP contribution in [0.15, 0.2) is 72.8 Å². The summed E-state index contributed by atoms with van der Waals surface area (Å²) in [6.45, 7) is 1.92. The first-order valence-corrected chi connectivity index (χ1v) is 9.19. The summed E-state index contributed by atoms with van der Waals surface area (Å²) in [4.78, 5) is 37.3. The molecule has 7 heteroatoms. The number of amides is 3. The highest BCUT2D eigenvalue weighted by Gasteiger charge is 2.15. The fraction of sp³-hybridized carbons (Fsp3) is 0.0870. The number of methoxy groups -OCH3 is 1. The SMILES string of the molecule is COc1ccc(C(=O)Nc2ccccc2C(=O)NNC(=O)c2ccc(C)cc2)cc1. The molecular formula is C23H21N3O4.